The molecule has 0 fully saturated rings. The van der Waals surface area contributed by atoms with Gasteiger partial charge in [0.15, 0.2) is 11.6 Å². The molecule has 0 spiro atoms. The molecule has 4 N–H and O–H groups in total. The molecular formula is C24H22ClN5O3. The second-order valence-electron chi connectivity index (χ2n) is 7.20. The summed E-state index contributed by atoms with van der Waals surface area (Å²) < 4.78 is 5.97. The number of nitrogens with zero attached hydrogens (tertiary/aromatic N) is 2. The van der Waals surface area contributed by atoms with Crippen LogP contribution in [0, 0.1) is 6.92 Å². The molecule has 0 amide bonds. The first-order valence-corrected chi connectivity index (χ1v) is 10.6. The molecule has 0 saturated carbocycles. The Morgan fingerprint density at radius 1 is 1.06 bits per heavy atom. The summed E-state index contributed by atoms with van der Waals surface area (Å²) in [5.41, 5.74) is 2.04. The number of halogens is 1. The number of carboxylic acid groups (broad SMARTS) is 1. The summed E-state index contributed by atoms with van der Waals surface area (Å²) in [6, 6.07) is 17.9. The number of aromatic carboxylic acids is 1. The van der Waals surface area contributed by atoms with Gasteiger partial charge >= 0.3 is 5.97 Å². The Hall–Kier alpha value is -4.04. The van der Waals surface area contributed by atoms with E-state index < -0.39 is 5.97 Å². The van der Waals surface area contributed by atoms with Crippen molar-refractivity contribution in [3.63, 3.8) is 0 Å². The third-order valence-corrected chi connectivity index (χ3v) is 5.11. The number of para-hydroxylation sites is 1. The van der Waals surface area contributed by atoms with Crippen LogP contribution in [-0.2, 0) is 6.54 Å². The van der Waals surface area contributed by atoms with Gasteiger partial charge in [0.05, 0.1) is 17.8 Å². The molecule has 0 aliphatic rings. The zero-order valence-corrected chi connectivity index (χ0v) is 18.8. The lowest BCUT2D eigenvalue weighted by molar-refractivity contribution is 0.0698. The molecule has 0 radical (unpaired) electrons. The van der Waals surface area contributed by atoms with Gasteiger partial charge in [-0.3, -0.25) is 0 Å². The molecule has 0 unspecified atom stereocenters. The van der Waals surface area contributed by atoms with E-state index in [0.717, 1.165) is 5.56 Å². The number of carboxylic acids is 1. The summed E-state index contributed by atoms with van der Waals surface area (Å²) in [7, 11) is 1.76. The van der Waals surface area contributed by atoms with Gasteiger partial charge in [0.25, 0.3) is 0 Å². The van der Waals surface area contributed by atoms with Gasteiger partial charge in [0.1, 0.15) is 23.0 Å². The monoisotopic (exact) mass is 463 g/mol. The van der Waals surface area contributed by atoms with Gasteiger partial charge in [-0.2, -0.15) is 0 Å². The topological polar surface area (TPSA) is 112 Å². The summed E-state index contributed by atoms with van der Waals surface area (Å²) in [5, 5.41) is 19.6. The van der Waals surface area contributed by atoms with E-state index in [4.69, 9.17) is 16.0 Å². The number of carbonyl (C=O) groups is 1. The highest BCUT2D eigenvalue weighted by atomic mass is 35.5. The second kappa shape index (κ2) is 9.62. The molecule has 0 aliphatic carbocycles. The van der Waals surface area contributed by atoms with E-state index in [1.54, 1.807) is 32.2 Å². The third kappa shape index (κ3) is 5.07. The molecule has 2 aromatic carbocycles. The highest BCUT2D eigenvalue weighted by Crippen LogP contribution is 2.32. The highest BCUT2D eigenvalue weighted by molar-refractivity contribution is 6.30. The van der Waals surface area contributed by atoms with Crippen molar-refractivity contribution in [2.75, 3.05) is 23.0 Å². The molecule has 2 aromatic heterocycles. The molecule has 0 aliphatic heterocycles. The third-order valence-electron chi connectivity index (χ3n) is 4.88. The molecule has 8 nitrogen and oxygen atoms in total. The largest absolute Gasteiger partial charge is 0.478 e. The number of hydrogen-bond donors (Lipinski definition) is 4. The Kier molecular flexibility index (Phi) is 6.46. The predicted octanol–water partition coefficient (Wildman–Crippen LogP) is 5.79. The lowest BCUT2D eigenvalue weighted by Gasteiger charge is -2.17. The molecule has 4 rings (SSSR count). The molecule has 0 saturated heterocycles. The summed E-state index contributed by atoms with van der Waals surface area (Å²) in [6.07, 6.45) is 0. The first kappa shape index (κ1) is 22.2. The summed E-state index contributed by atoms with van der Waals surface area (Å²) in [4.78, 5) is 20.5. The maximum absolute atomic E-state index is 11.6. The minimum atomic E-state index is -1.03. The number of aryl methyl sites for hydroxylation is 1. The fourth-order valence-corrected chi connectivity index (χ4v) is 3.55. The van der Waals surface area contributed by atoms with E-state index in [1.807, 2.05) is 36.4 Å². The van der Waals surface area contributed by atoms with Crippen molar-refractivity contribution in [1.82, 2.24) is 9.97 Å². The molecule has 0 atom stereocenters. The van der Waals surface area contributed by atoms with E-state index >= 15 is 0 Å². The fourth-order valence-electron chi connectivity index (χ4n) is 3.36. The fraction of sp³-hybridized carbons (Fsp3) is 0.125. The van der Waals surface area contributed by atoms with Crippen LogP contribution in [0.25, 0.3) is 11.3 Å². The standard InChI is InChI=1S/C24H22ClN5O3/c1-14-28-22(26-2)21(23(29-14)30-19-9-4-3-8-18(19)24(31)32)27-13-17-10-11-20(33-17)15-6-5-7-16(25)12-15/h3-12,27H,13H2,1-2H3,(H,31,32)(H2,26,28,29,30). The molecule has 168 valence electrons. The van der Waals surface area contributed by atoms with Crippen LogP contribution in [0.5, 0.6) is 0 Å². The Morgan fingerprint density at radius 2 is 1.85 bits per heavy atom. The Balaban J connectivity index is 1.61. The first-order valence-electron chi connectivity index (χ1n) is 10.2. The first-order chi connectivity index (χ1) is 15.9. The normalized spacial score (nSPS) is 10.6. The molecule has 33 heavy (non-hydrogen) atoms. The number of anilines is 4. The smallest absolute Gasteiger partial charge is 0.337 e. The molecule has 9 heteroatoms. The summed E-state index contributed by atoms with van der Waals surface area (Å²) >= 11 is 6.08. The average molecular weight is 464 g/mol. The van der Waals surface area contributed by atoms with Gasteiger partial charge in [-0.15, -0.1) is 0 Å². The Labute approximate surface area is 195 Å². The van der Waals surface area contributed by atoms with Gasteiger partial charge in [-0.1, -0.05) is 35.9 Å². The van der Waals surface area contributed by atoms with Crippen LogP contribution in [0.15, 0.2) is 65.1 Å². The lowest BCUT2D eigenvalue weighted by atomic mass is 10.2. The maximum Gasteiger partial charge on any atom is 0.337 e. The van der Waals surface area contributed by atoms with E-state index in [9.17, 15) is 9.90 Å². The van der Waals surface area contributed by atoms with E-state index in [-0.39, 0.29) is 5.56 Å². The number of benzene rings is 2. The number of rotatable bonds is 8. The summed E-state index contributed by atoms with van der Waals surface area (Å²) in [6.45, 7) is 2.12. The molecule has 4 aromatic rings. The minimum Gasteiger partial charge on any atom is -0.478 e. The minimum absolute atomic E-state index is 0.142. The predicted molar refractivity (Wildman–Crippen MR) is 129 cm³/mol. The van der Waals surface area contributed by atoms with Crippen molar-refractivity contribution >= 4 is 40.6 Å². The van der Waals surface area contributed by atoms with Crippen molar-refractivity contribution in [3.8, 4) is 11.3 Å². The number of nitrogens with one attached hydrogen (secondary N) is 3. The van der Waals surface area contributed by atoms with Crippen molar-refractivity contribution < 1.29 is 14.3 Å². The maximum atomic E-state index is 11.6. The number of aromatic nitrogens is 2. The van der Waals surface area contributed by atoms with Crippen LogP contribution < -0.4 is 16.0 Å². The van der Waals surface area contributed by atoms with Crippen LogP contribution in [0.2, 0.25) is 5.02 Å². The molecule has 2 heterocycles. The van der Waals surface area contributed by atoms with Crippen molar-refractivity contribution in [2.45, 2.75) is 13.5 Å². The van der Waals surface area contributed by atoms with E-state index in [2.05, 4.69) is 25.9 Å². The van der Waals surface area contributed by atoms with Crippen LogP contribution in [0.3, 0.4) is 0 Å². The Bertz CT molecular complexity index is 1310. The number of hydrogen-bond acceptors (Lipinski definition) is 7. The highest BCUT2D eigenvalue weighted by Gasteiger charge is 2.16. The van der Waals surface area contributed by atoms with Crippen LogP contribution in [0.4, 0.5) is 23.0 Å². The molecule has 0 bridgehead atoms. The summed E-state index contributed by atoms with van der Waals surface area (Å²) in [5.74, 6) is 1.92. The van der Waals surface area contributed by atoms with Crippen LogP contribution in [0.1, 0.15) is 21.9 Å². The lowest BCUT2D eigenvalue weighted by Crippen LogP contribution is -2.11. The molecular weight excluding hydrogens is 442 g/mol. The van der Waals surface area contributed by atoms with E-state index in [1.165, 1.54) is 6.07 Å². The van der Waals surface area contributed by atoms with Crippen molar-refractivity contribution in [1.29, 1.82) is 0 Å². The van der Waals surface area contributed by atoms with Crippen LogP contribution >= 0.6 is 11.6 Å². The quantitative estimate of drug-likeness (QED) is 0.259. The zero-order chi connectivity index (χ0) is 23.4. The SMILES string of the molecule is CNc1nc(C)nc(Nc2ccccc2C(=O)O)c1NCc1ccc(-c2cccc(Cl)c2)o1. The van der Waals surface area contributed by atoms with Gasteiger partial charge in [0.2, 0.25) is 0 Å². The van der Waals surface area contributed by atoms with Gasteiger partial charge in [-0.05, 0) is 43.3 Å². The Morgan fingerprint density at radius 3 is 2.61 bits per heavy atom. The zero-order valence-electron chi connectivity index (χ0n) is 18.0. The van der Waals surface area contributed by atoms with E-state index in [0.29, 0.717) is 51.9 Å². The second-order valence-corrected chi connectivity index (χ2v) is 7.64. The van der Waals surface area contributed by atoms with Gasteiger partial charge < -0.3 is 25.5 Å². The van der Waals surface area contributed by atoms with Gasteiger partial charge in [0, 0.05) is 17.6 Å². The average Bonchev–Trinajstić information content (AvgIpc) is 3.27. The van der Waals surface area contributed by atoms with Gasteiger partial charge in [-0.25, -0.2) is 14.8 Å². The number of furan rings is 1. The van der Waals surface area contributed by atoms with Crippen molar-refractivity contribution in [3.05, 3.63) is 82.8 Å². The van der Waals surface area contributed by atoms with Crippen molar-refractivity contribution in [2.24, 2.45) is 0 Å². The van der Waals surface area contributed by atoms with Crippen LogP contribution in [-0.4, -0.2) is 28.1 Å².